The molecule has 0 amide bonds. The zero-order chi connectivity index (χ0) is 34.3. The van der Waals surface area contributed by atoms with Gasteiger partial charge in [0.1, 0.15) is 34.6 Å². The maximum absolute atomic E-state index is 14.4. The molecule has 3 aromatic rings. The third kappa shape index (κ3) is 11.4. The number of hydrogen-bond donors (Lipinski definition) is 0. The molecule has 14 heteroatoms. The first-order chi connectivity index (χ1) is 22.5. The first-order valence-corrected chi connectivity index (χ1v) is 13.1. The van der Waals surface area contributed by atoms with Gasteiger partial charge in [0, 0.05) is 47.6 Å². The Kier molecular flexibility index (Phi) is 13.0. The molecule has 0 spiro atoms. The number of esters is 4. The molecule has 47 heavy (non-hydrogen) atoms. The van der Waals surface area contributed by atoms with Crippen molar-refractivity contribution >= 4 is 36.0 Å². The number of ether oxygens (including phenoxy) is 6. The van der Waals surface area contributed by atoms with E-state index in [1.165, 1.54) is 24.3 Å². The Labute approximate surface area is 264 Å². The largest absolute Gasteiger partial charge is 0.457 e. The molecule has 0 radical (unpaired) electrons. The summed E-state index contributed by atoms with van der Waals surface area (Å²) in [6.45, 7) is 5.46. The van der Waals surface area contributed by atoms with Gasteiger partial charge >= 0.3 is 23.9 Å². The Morgan fingerprint density at radius 3 is 1.55 bits per heavy atom. The monoisotopic (exact) mass is 656 g/mol. The molecule has 0 aromatic heterocycles. The molecule has 0 aliphatic rings. The van der Waals surface area contributed by atoms with E-state index in [9.17, 15) is 36.7 Å². The summed E-state index contributed by atoms with van der Waals surface area (Å²) >= 11 is 0. The van der Waals surface area contributed by atoms with Crippen molar-refractivity contribution in [1.82, 2.24) is 0 Å². The smallest absolute Gasteiger partial charge is 0.336 e. The zero-order valence-electron chi connectivity index (χ0n) is 24.2. The van der Waals surface area contributed by atoms with Gasteiger partial charge in [0.2, 0.25) is 13.6 Å². The minimum Gasteiger partial charge on any atom is -0.457 e. The number of carbonyl (C=O) groups is 4. The van der Waals surface area contributed by atoms with Crippen LogP contribution in [-0.4, -0.2) is 37.5 Å². The van der Waals surface area contributed by atoms with Crippen molar-refractivity contribution in [2.45, 2.75) is 6.43 Å². The number of halogens is 4. The van der Waals surface area contributed by atoms with Crippen LogP contribution in [0, 0.1) is 11.6 Å². The summed E-state index contributed by atoms with van der Waals surface area (Å²) in [6, 6.07) is 9.96. The Hall–Kier alpha value is -6.18. The number of carbonyl (C=O) groups excluding carboxylic acids is 4. The number of rotatable bonds is 15. The molecule has 0 saturated heterocycles. The van der Waals surface area contributed by atoms with Gasteiger partial charge in [-0.25, -0.2) is 36.7 Å². The second-order valence-corrected chi connectivity index (χ2v) is 8.74. The van der Waals surface area contributed by atoms with Crippen LogP contribution in [0.25, 0.3) is 12.2 Å². The number of hydrogen-bond acceptors (Lipinski definition) is 10. The molecule has 0 aliphatic heterocycles. The van der Waals surface area contributed by atoms with E-state index in [4.69, 9.17) is 18.9 Å². The minimum absolute atomic E-state index is 0.0234. The molecule has 0 atom stereocenters. The van der Waals surface area contributed by atoms with Crippen LogP contribution in [0.15, 0.2) is 92.1 Å². The van der Waals surface area contributed by atoms with Gasteiger partial charge in [0.15, 0.2) is 0 Å². The summed E-state index contributed by atoms with van der Waals surface area (Å²) in [7, 11) is 0. The van der Waals surface area contributed by atoms with Gasteiger partial charge in [0.25, 0.3) is 6.43 Å². The van der Waals surface area contributed by atoms with Crippen LogP contribution in [0.5, 0.6) is 23.0 Å². The average molecular weight is 657 g/mol. The maximum atomic E-state index is 14.4. The van der Waals surface area contributed by atoms with Gasteiger partial charge in [-0.15, -0.1) is 0 Å². The minimum atomic E-state index is -3.15. The highest BCUT2D eigenvalue weighted by Crippen LogP contribution is 2.33. The molecule has 0 heterocycles. The molecule has 0 unspecified atom stereocenters. The van der Waals surface area contributed by atoms with E-state index in [1.54, 1.807) is 0 Å². The molecule has 10 nitrogen and oxygen atoms in total. The normalized spacial score (nSPS) is 10.8. The highest BCUT2D eigenvalue weighted by Gasteiger charge is 2.18. The van der Waals surface area contributed by atoms with E-state index in [0.29, 0.717) is 0 Å². The molecule has 3 rings (SSSR count). The summed E-state index contributed by atoms with van der Waals surface area (Å²) in [5, 5.41) is 0. The van der Waals surface area contributed by atoms with Gasteiger partial charge in [-0.1, -0.05) is 13.2 Å². The second kappa shape index (κ2) is 17.3. The number of alkyl halides is 2. The van der Waals surface area contributed by atoms with Crippen molar-refractivity contribution in [3.05, 3.63) is 120 Å². The summed E-state index contributed by atoms with van der Waals surface area (Å²) in [6.07, 6.45) is 2.45. The number of benzene rings is 3. The third-order valence-electron chi connectivity index (χ3n) is 5.57. The van der Waals surface area contributed by atoms with E-state index in [-0.39, 0.29) is 28.4 Å². The van der Waals surface area contributed by atoms with E-state index in [2.05, 4.69) is 22.6 Å². The first-order valence-electron chi connectivity index (χ1n) is 13.1. The van der Waals surface area contributed by atoms with Gasteiger partial charge in [-0.2, -0.15) is 0 Å². The lowest BCUT2D eigenvalue weighted by Crippen LogP contribution is -2.08. The highest BCUT2D eigenvalue weighted by molar-refractivity contribution is 5.90. The molecule has 0 aliphatic carbocycles. The Morgan fingerprint density at radius 2 is 1.11 bits per heavy atom. The van der Waals surface area contributed by atoms with Gasteiger partial charge < -0.3 is 28.4 Å². The van der Waals surface area contributed by atoms with Crippen molar-refractivity contribution in [1.29, 1.82) is 0 Å². The molecule has 3 aromatic carbocycles. The lowest BCUT2D eigenvalue weighted by molar-refractivity contribution is -0.145. The Morgan fingerprint density at radius 1 is 0.638 bits per heavy atom. The Bertz CT molecular complexity index is 1720. The van der Waals surface area contributed by atoms with E-state index in [1.807, 2.05) is 0 Å². The van der Waals surface area contributed by atoms with Crippen LogP contribution in [0.1, 0.15) is 23.1 Å². The molecule has 0 bridgehead atoms. The maximum Gasteiger partial charge on any atom is 0.336 e. The predicted molar refractivity (Wildman–Crippen MR) is 157 cm³/mol. The lowest BCUT2D eigenvalue weighted by Gasteiger charge is -2.10. The van der Waals surface area contributed by atoms with Gasteiger partial charge in [-0.3, -0.25) is 0 Å². The summed E-state index contributed by atoms with van der Waals surface area (Å²) < 4.78 is 85.5. The van der Waals surface area contributed by atoms with Crippen molar-refractivity contribution in [2.24, 2.45) is 0 Å². The predicted octanol–water partition coefficient (Wildman–Crippen LogP) is 6.27. The van der Waals surface area contributed by atoms with Crippen molar-refractivity contribution in [3.63, 3.8) is 0 Å². The topological polar surface area (TPSA) is 124 Å². The van der Waals surface area contributed by atoms with Gasteiger partial charge in [0.05, 0.1) is 5.56 Å². The van der Waals surface area contributed by atoms with Crippen molar-refractivity contribution in [2.75, 3.05) is 13.6 Å². The van der Waals surface area contributed by atoms with Crippen LogP contribution < -0.4 is 18.9 Å². The van der Waals surface area contributed by atoms with Crippen LogP contribution in [-0.2, 0) is 28.7 Å². The fourth-order valence-corrected chi connectivity index (χ4v) is 3.36. The van der Waals surface area contributed by atoms with Crippen LogP contribution in [0.3, 0.4) is 0 Å². The third-order valence-corrected chi connectivity index (χ3v) is 5.57. The molecule has 0 fully saturated rings. The average Bonchev–Trinajstić information content (AvgIpc) is 3.04. The summed E-state index contributed by atoms with van der Waals surface area (Å²) in [5.74, 6) is -6.05. The lowest BCUT2D eigenvalue weighted by atomic mass is 10.2. The van der Waals surface area contributed by atoms with Crippen LogP contribution in [0.4, 0.5) is 17.6 Å². The quantitative estimate of drug-likeness (QED) is 0.0608. The zero-order valence-corrected chi connectivity index (χ0v) is 24.2. The molecular formula is C33H24F4O10. The van der Waals surface area contributed by atoms with E-state index in [0.717, 1.165) is 66.8 Å². The molecule has 0 N–H and O–H groups in total. The summed E-state index contributed by atoms with van der Waals surface area (Å²) in [4.78, 5) is 46.5. The first kappa shape index (κ1) is 35.3. The van der Waals surface area contributed by atoms with Crippen LogP contribution in [0.2, 0.25) is 0 Å². The van der Waals surface area contributed by atoms with E-state index >= 15 is 0 Å². The summed E-state index contributed by atoms with van der Waals surface area (Å²) in [5.41, 5.74) is -0.902. The van der Waals surface area contributed by atoms with Crippen molar-refractivity contribution < 1.29 is 65.2 Å². The fraction of sp³-hybridized carbons (Fsp3) is 0.0909. The van der Waals surface area contributed by atoms with Crippen molar-refractivity contribution in [3.8, 4) is 23.0 Å². The standard InChI is InChI=1S/C33H24F4O10/c1-3-29(38)44-18-42-22-9-5-20(26(34)16-22)7-13-31(40)46-24-11-12-28(25(15-24)33(36)37)47-32(41)14-8-21-6-10-23(17-27(21)35)43-19-45-30(39)4-2/h3-17,33H,1-2,18-19H2. The molecule has 0 saturated carbocycles. The van der Waals surface area contributed by atoms with E-state index < -0.39 is 66.8 Å². The SMILES string of the molecule is C=CC(=O)OCOc1ccc(C=CC(=O)Oc2ccc(OC(=O)C=Cc3ccc(OCOC(=O)C=C)cc3F)c(C(F)F)c2)c(F)c1. The van der Waals surface area contributed by atoms with Crippen LogP contribution >= 0.6 is 0 Å². The van der Waals surface area contributed by atoms with Gasteiger partial charge in [-0.05, 0) is 54.6 Å². The fourth-order valence-electron chi connectivity index (χ4n) is 3.36. The molecular weight excluding hydrogens is 632 g/mol. The molecule has 244 valence electrons. The Balaban J connectivity index is 1.59. The highest BCUT2D eigenvalue weighted by atomic mass is 19.3. The second-order valence-electron chi connectivity index (χ2n) is 8.74.